The lowest BCUT2D eigenvalue weighted by atomic mass is 10.2. The van der Waals surface area contributed by atoms with Crippen LogP contribution in [-0.4, -0.2) is 45.7 Å². The quantitative estimate of drug-likeness (QED) is 0.762. The number of likely N-dealkylation sites (N-methyl/N-ethyl adjacent to an activating group) is 1. The molecule has 0 saturated heterocycles. The van der Waals surface area contributed by atoms with Crippen molar-refractivity contribution in [1.82, 2.24) is 4.90 Å². The summed E-state index contributed by atoms with van der Waals surface area (Å²) in [7, 11) is 6.62. The van der Waals surface area contributed by atoms with Crippen LogP contribution < -0.4 is 19.5 Å². The van der Waals surface area contributed by atoms with Crippen molar-refractivity contribution >= 4 is 23.2 Å². The maximum Gasteiger partial charge on any atom is 0.238 e. The fourth-order valence-corrected chi connectivity index (χ4v) is 2.71. The van der Waals surface area contributed by atoms with E-state index in [1.165, 1.54) is 0 Å². The van der Waals surface area contributed by atoms with Crippen LogP contribution in [0.5, 0.6) is 17.2 Å². The van der Waals surface area contributed by atoms with Gasteiger partial charge in [-0.25, -0.2) is 0 Å². The first-order valence-electron chi connectivity index (χ1n) is 7.99. The molecule has 1 amide bonds. The Morgan fingerprint density at radius 3 is 2.42 bits per heavy atom. The van der Waals surface area contributed by atoms with Gasteiger partial charge in [0.15, 0.2) is 0 Å². The van der Waals surface area contributed by atoms with Crippen LogP contribution in [0.1, 0.15) is 5.56 Å². The highest BCUT2D eigenvalue weighted by Crippen LogP contribution is 2.28. The minimum absolute atomic E-state index is 0.166. The van der Waals surface area contributed by atoms with E-state index in [2.05, 4.69) is 5.32 Å². The number of hydrogen-bond donors (Lipinski definition) is 1. The molecule has 0 fully saturated rings. The zero-order valence-electron chi connectivity index (χ0n) is 15.3. The number of nitrogens with one attached hydrogen (secondary N) is 1. The predicted octanol–water partition coefficient (Wildman–Crippen LogP) is 3.44. The van der Waals surface area contributed by atoms with E-state index < -0.39 is 0 Å². The summed E-state index contributed by atoms with van der Waals surface area (Å²) in [5.41, 5.74) is 1.50. The zero-order valence-corrected chi connectivity index (χ0v) is 16.1. The Balaban J connectivity index is 2.01. The second-order valence-corrected chi connectivity index (χ2v) is 6.18. The normalized spacial score (nSPS) is 10.5. The molecule has 140 valence electrons. The molecule has 0 unspecified atom stereocenters. The molecule has 7 heteroatoms. The van der Waals surface area contributed by atoms with Crippen molar-refractivity contribution in [2.75, 3.05) is 40.2 Å². The van der Waals surface area contributed by atoms with Gasteiger partial charge in [0.25, 0.3) is 0 Å². The number of amides is 1. The lowest BCUT2D eigenvalue weighted by molar-refractivity contribution is -0.117. The van der Waals surface area contributed by atoms with Crippen LogP contribution in [-0.2, 0) is 11.3 Å². The Kier molecular flexibility index (Phi) is 7.12. The Morgan fingerprint density at radius 1 is 1.04 bits per heavy atom. The van der Waals surface area contributed by atoms with Gasteiger partial charge in [-0.3, -0.25) is 9.69 Å². The first-order chi connectivity index (χ1) is 12.5. The number of carbonyl (C=O) groups excluding carboxylic acids is 1. The fraction of sp³-hybridized carbons (Fsp3) is 0.316. The minimum atomic E-state index is -0.166. The summed E-state index contributed by atoms with van der Waals surface area (Å²) in [5.74, 6) is 1.83. The van der Waals surface area contributed by atoms with Crippen molar-refractivity contribution in [3.63, 3.8) is 0 Å². The highest BCUT2D eigenvalue weighted by Gasteiger charge is 2.13. The molecule has 0 radical (unpaired) electrons. The summed E-state index contributed by atoms with van der Waals surface area (Å²) in [4.78, 5) is 14.2. The van der Waals surface area contributed by atoms with Gasteiger partial charge < -0.3 is 19.5 Å². The number of nitrogens with zero attached hydrogens (tertiary/aromatic N) is 1. The van der Waals surface area contributed by atoms with E-state index in [0.717, 1.165) is 11.3 Å². The van der Waals surface area contributed by atoms with Gasteiger partial charge in [-0.1, -0.05) is 17.7 Å². The molecule has 26 heavy (non-hydrogen) atoms. The van der Waals surface area contributed by atoms with Gasteiger partial charge in [0.2, 0.25) is 5.91 Å². The molecule has 2 aromatic rings. The number of halogens is 1. The van der Waals surface area contributed by atoms with E-state index in [4.69, 9.17) is 25.8 Å². The lowest BCUT2D eigenvalue weighted by Crippen LogP contribution is -2.30. The second kappa shape index (κ2) is 9.31. The average molecular weight is 379 g/mol. The number of ether oxygens (including phenoxy) is 3. The molecule has 1 N–H and O–H groups in total. The van der Waals surface area contributed by atoms with E-state index >= 15 is 0 Å². The number of carbonyl (C=O) groups is 1. The van der Waals surface area contributed by atoms with Crippen molar-refractivity contribution in [2.24, 2.45) is 0 Å². The molecule has 0 aromatic heterocycles. The maximum atomic E-state index is 12.3. The van der Waals surface area contributed by atoms with Gasteiger partial charge in [0.05, 0.1) is 33.6 Å². The lowest BCUT2D eigenvalue weighted by Gasteiger charge is -2.19. The highest BCUT2D eigenvalue weighted by atomic mass is 35.5. The second-order valence-electron chi connectivity index (χ2n) is 5.74. The maximum absolute atomic E-state index is 12.3. The van der Waals surface area contributed by atoms with Gasteiger partial charge in [-0.15, -0.1) is 0 Å². The smallest absolute Gasteiger partial charge is 0.238 e. The van der Waals surface area contributed by atoms with Crippen molar-refractivity contribution in [3.8, 4) is 17.2 Å². The number of hydrogen-bond acceptors (Lipinski definition) is 5. The standard InChI is InChI=1S/C19H23ClN2O4/c1-22(11-13-5-7-15(24-2)10-18(13)26-4)12-19(23)21-16-9-14(20)6-8-17(16)25-3/h5-10H,11-12H2,1-4H3,(H,21,23). The SMILES string of the molecule is COc1ccc(CN(C)CC(=O)Nc2cc(Cl)ccc2OC)c(OC)c1. The fourth-order valence-electron chi connectivity index (χ4n) is 2.54. The van der Waals surface area contributed by atoms with Crippen LogP contribution >= 0.6 is 11.6 Å². The largest absolute Gasteiger partial charge is 0.497 e. The third kappa shape index (κ3) is 5.28. The molecular formula is C19H23ClN2O4. The first kappa shape index (κ1) is 19.9. The van der Waals surface area contributed by atoms with E-state index in [9.17, 15) is 4.79 Å². The Hall–Kier alpha value is -2.44. The number of rotatable bonds is 8. The number of methoxy groups -OCH3 is 3. The van der Waals surface area contributed by atoms with Crippen molar-refractivity contribution < 1.29 is 19.0 Å². The summed E-state index contributed by atoms with van der Waals surface area (Å²) in [5, 5.41) is 3.35. The molecule has 0 spiro atoms. The molecule has 6 nitrogen and oxygen atoms in total. The van der Waals surface area contributed by atoms with Crippen LogP contribution in [0.2, 0.25) is 5.02 Å². The van der Waals surface area contributed by atoms with Gasteiger partial charge in [0, 0.05) is 23.2 Å². The van der Waals surface area contributed by atoms with Crippen LogP contribution in [0.15, 0.2) is 36.4 Å². The molecule has 0 atom stereocenters. The molecule has 0 aliphatic carbocycles. The van der Waals surface area contributed by atoms with E-state index in [0.29, 0.717) is 28.8 Å². The van der Waals surface area contributed by atoms with E-state index in [-0.39, 0.29) is 12.5 Å². The van der Waals surface area contributed by atoms with Crippen LogP contribution in [0.4, 0.5) is 5.69 Å². The average Bonchev–Trinajstić information content (AvgIpc) is 2.62. The van der Waals surface area contributed by atoms with Gasteiger partial charge >= 0.3 is 0 Å². The van der Waals surface area contributed by atoms with Gasteiger partial charge in [-0.2, -0.15) is 0 Å². The summed E-state index contributed by atoms with van der Waals surface area (Å²) >= 11 is 5.99. The van der Waals surface area contributed by atoms with Crippen LogP contribution in [0.25, 0.3) is 0 Å². The minimum Gasteiger partial charge on any atom is -0.497 e. The predicted molar refractivity (Wildman–Crippen MR) is 103 cm³/mol. The summed E-state index contributed by atoms with van der Waals surface area (Å²) in [6.45, 7) is 0.748. The molecule has 0 aliphatic heterocycles. The topological polar surface area (TPSA) is 60.0 Å². The zero-order chi connectivity index (χ0) is 19.1. The number of benzene rings is 2. The molecular weight excluding hydrogens is 356 g/mol. The Labute approximate surface area is 158 Å². The Bertz CT molecular complexity index is 767. The summed E-state index contributed by atoms with van der Waals surface area (Å²) in [6, 6.07) is 10.7. The third-order valence-electron chi connectivity index (χ3n) is 3.78. The van der Waals surface area contributed by atoms with Crippen LogP contribution in [0, 0.1) is 0 Å². The molecule has 0 aliphatic rings. The third-order valence-corrected chi connectivity index (χ3v) is 4.02. The van der Waals surface area contributed by atoms with Gasteiger partial charge in [0.1, 0.15) is 17.2 Å². The molecule has 2 rings (SSSR count). The first-order valence-corrected chi connectivity index (χ1v) is 8.37. The summed E-state index contributed by atoms with van der Waals surface area (Å²) in [6.07, 6.45) is 0. The highest BCUT2D eigenvalue weighted by molar-refractivity contribution is 6.31. The van der Waals surface area contributed by atoms with Gasteiger partial charge in [-0.05, 0) is 31.3 Å². The Morgan fingerprint density at radius 2 is 1.77 bits per heavy atom. The monoisotopic (exact) mass is 378 g/mol. The molecule has 0 heterocycles. The number of anilines is 1. The molecule has 0 saturated carbocycles. The van der Waals surface area contributed by atoms with Crippen LogP contribution in [0.3, 0.4) is 0 Å². The molecule has 2 aromatic carbocycles. The van der Waals surface area contributed by atoms with Crippen molar-refractivity contribution in [2.45, 2.75) is 6.54 Å². The summed E-state index contributed by atoms with van der Waals surface area (Å²) < 4.78 is 15.8. The van der Waals surface area contributed by atoms with Crippen molar-refractivity contribution in [3.05, 3.63) is 47.0 Å². The van der Waals surface area contributed by atoms with Crippen molar-refractivity contribution in [1.29, 1.82) is 0 Å². The van der Waals surface area contributed by atoms with E-state index in [1.807, 2.05) is 30.1 Å². The molecule has 0 bridgehead atoms. The van der Waals surface area contributed by atoms with E-state index in [1.54, 1.807) is 39.5 Å².